The van der Waals surface area contributed by atoms with Gasteiger partial charge in [0.05, 0.1) is 5.92 Å². The molecule has 0 spiro atoms. The van der Waals surface area contributed by atoms with E-state index in [0.717, 1.165) is 18.5 Å². The lowest BCUT2D eigenvalue weighted by Gasteiger charge is -2.25. The molecule has 5 heteroatoms. The predicted molar refractivity (Wildman–Crippen MR) is 91.2 cm³/mol. The van der Waals surface area contributed by atoms with Gasteiger partial charge < -0.3 is 9.42 Å². The summed E-state index contributed by atoms with van der Waals surface area (Å²) in [5, 5.41) is 4.04. The van der Waals surface area contributed by atoms with Gasteiger partial charge in [-0.2, -0.15) is 4.98 Å². The lowest BCUT2D eigenvalue weighted by atomic mass is 9.90. The van der Waals surface area contributed by atoms with Crippen molar-refractivity contribution >= 4 is 11.6 Å². The molecule has 1 fully saturated rings. The zero-order valence-corrected chi connectivity index (χ0v) is 14.3. The summed E-state index contributed by atoms with van der Waals surface area (Å²) in [6.45, 7) is 4.71. The third-order valence-corrected chi connectivity index (χ3v) is 5.11. The predicted octanol–water partition coefficient (Wildman–Crippen LogP) is 3.59. The highest BCUT2D eigenvalue weighted by molar-refractivity contribution is 5.97. The monoisotopic (exact) mass is 325 g/mol. The SMILES string of the molecule is CC(C)c1noc(C2CC(=O)N(c3cccc4c3CCCC4)C2)n1. The Bertz CT molecular complexity index is 766. The van der Waals surface area contributed by atoms with Gasteiger partial charge in [0.1, 0.15) is 0 Å². The minimum atomic E-state index is -0.00283. The van der Waals surface area contributed by atoms with E-state index in [1.165, 1.54) is 24.0 Å². The molecule has 1 aliphatic heterocycles. The Morgan fingerprint density at radius 1 is 1.25 bits per heavy atom. The molecule has 0 radical (unpaired) electrons. The molecule has 5 nitrogen and oxygen atoms in total. The first-order valence-corrected chi connectivity index (χ1v) is 8.88. The van der Waals surface area contributed by atoms with Gasteiger partial charge in [0, 0.05) is 24.6 Å². The number of carbonyl (C=O) groups is 1. The van der Waals surface area contributed by atoms with Crippen LogP contribution in [-0.4, -0.2) is 22.6 Å². The topological polar surface area (TPSA) is 59.2 Å². The number of benzene rings is 1. The van der Waals surface area contributed by atoms with Gasteiger partial charge in [0.15, 0.2) is 5.82 Å². The molecule has 1 unspecified atom stereocenters. The smallest absolute Gasteiger partial charge is 0.232 e. The van der Waals surface area contributed by atoms with Crippen LogP contribution in [0.1, 0.15) is 67.8 Å². The number of amides is 1. The van der Waals surface area contributed by atoms with Crippen LogP contribution in [-0.2, 0) is 17.6 Å². The van der Waals surface area contributed by atoms with Gasteiger partial charge in [0.2, 0.25) is 11.8 Å². The number of hydrogen-bond donors (Lipinski definition) is 0. The Labute approximate surface area is 142 Å². The maximum absolute atomic E-state index is 12.6. The van der Waals surface area contributed by atoms with Crippen LogP contribution in [0.2, 0.25) is 0 Å². The molecule has 1 atom stereocenters. The Kier molecular flexibility index (Phi) is 3.87. The van der Waals surface area contributed by atoms with E-state index < -0.39 is 0 Å². The van der Waals surface area contributed by atoms with Crippen molar-refractivity contribution < 1.29 is 9.32 Å². The average molecular weight is 325 g/mol. The summed E-state index contributed by atoms with van der Waals surface area (Å²) in [5.41, 5.74) is 3.84. The molecule has 2 aromatic rings. The molecule has 1 saturated heterocycles. The van der Waals surface area contributed by atoms with E-state index >= 15 is 0 Å². The van der Waals surface area contributed by atoms with E-state index in [2.05, 4.69) is 28.3 Å². The number of aromatic nitrogens is 2. The fraction of sp³-hybridized carbons (Fsp3) is 0.526. The number of hydrogen-bond acceptors (Lipinski definition) is 4. The molecule has 1 aromatic carbocycles. The molecule has 126 valence electrons. The Morgan fingerprint density at radius 3 is 2.88 bits per heavy atom. The molecule has 0 saturated carbocycles. The van der Waals surface area contributed by atoms with Crippen molar-refractivity contribution in [3.8, 4) is 0 Å². The maximum atomic E-state index is 12.6. The van der Waals surface area contributed by atoms with Gasteiger partial charge in [0.25, 0.3) is 0 Å². The second kappa shape index (κ2) is 6.04. The highest BCUT2D eigenvalue weighted by Gasteiger charge is 2.36. The second-order valence-electron chi connectivity index (χ2n) is 7.17. The van der Waals surface area contributed by atoms with Crippen LogP contribution in [0.25, 0.3) is 0 Å². The molecule has 1 aliphatic carbocycles. The Balaban J connectivity index is 1.60. The lowest BCUT2D eigenvalue weighted by Crippen LogP contribution is -2.26. The van der Waals surface area contributed by atoms with Gasteiger partial charge in [-0.1, -0.05) is 31.1 Å². The summed E-state index contributed by atoms with van der Waals surface area (Å²) < 4.78 is 5.42. The molecule has 2 heterocycles. The molecule has 4 rings (SSSR count). The maximum Gasteiger partial charge on any atom is 0.232 e. The number of carbonyl (C=O) groups excluding carboxylic acids is 1. The molecule has 1 amide bonds. The first-order chi connectivity index (χ1) is 11.6. The van der Waals surface area contributed by atoms with Crippen LogP contribution in [0.3, 0.4) is 0 Å². The summed E-state index contributed by atoms with van der Waals surface area (Å²) in [7, 11) is 0. The van der Waals surface area contributed by atoms with Gasteiger partial charge in [-0.05, 0) is 42.9 Å². The van der Waals surface area contributed by atoms with E-state index in [1.807, 2.05) is 18.7 Å². The first kappa shape index (κ1) is 15.4. The summed E-state index contributed by atoms with van der Waals surface area (Å²) in [5.74, 6) is 1.70. The molecule has 0 N–H and O–H groups in total. The van der Waals surface area contributed by atoms with Crippen molar-refractivity contribution in [3.05, 3.63) is 41.0 Å². The minimum absolute atomic E-state index is 0.00283. The summed E-state index contributed by atoms with van der Waals surface area (Å²) in [6, 6.07) is 6.35. The molecule has 2 aliphatic rings. The van der Waals surface area contributed by atoms with Gasteiger partial charge in [-0.25, -0.2) is 0 Å². The van der Waals surface area contributed by atoms with Crippen molar-refractivity contribution in [2.45, 2.75) is 57.8 Å². The fourth-order valence-corrected chi connectivity index (χ4v) is 3.77. The van der Waals surface area contributed by atoms with Crippen molar-refractivity contribution in [2.75, 3.05) is 11.4 Å². The molecule has 24 heavy (non-hydrogen) atoms. The van der Waals surface area contributed by atoms with Crippen LogP contribution < -0.4 is 4.90 Å². The molecule has 0 bridgehead atoms. The summed E-state index contributed by atoms with van der Waals surface area (Å²) in [4.78, 5) is 19.0. The van der Waals surface area contributed by atoms with E-state index in [0.29, 0.717) is 24.7 Å². The third kappa shape index (κ3) is 2.62. The van der Waals surface area contributed by atoms with Crippen LogP contribution >= 0.6 is 0 Å². The van der Waals surface area contributed by atoms with Crippen LogP contribution in [0.15, 0.2) is 22.7 Å². The van der Waals surface area contributed by atoms with Gasteiger partial charge >= 0.3 is 0 Å². The van der Waals surface area contributed by atoms with Crippen molar-refractivity contribution in [1.29, 1.82) is 0 Å². The number of aryl methyl sites for hydroxylation is 1. The fourth-order valence-electron chi connectivity index (χ4n) is 3.77. The number of nitrogens with zero attached hydrogens (tertiary/aromatic N) is 3. The Morgan fingerprint density at radius 2 is 2.08 bits per heavy atom. The quantitative estimate of drug-likeness (QED) is 0.865. The summed E-state index contributed by atoms with van der Waals surface area (Å²) >= 11 is 0. The van der Waals surface area contributed by atoms with Crippen molar-refractivity contribution in [2.24, 2.45) is 0 Å². The summed E-state index contributed by atoms with van der Waals surface area (Å²) in [6.07, 6.45) is 5.08. The van der Waals surface area contributed by atoms with Gasteiger partial charge in [-0.15, -0.1) is 0 Å². The van der Waals surface area contributed by atoms with Crippen LogP contribution in [0.5, 0.6) is 0 Å². The standard InChI is InChI=1S/C19H23N3O2/c1-12(2)18-20-19(24-21-18)14-10-17(23)22(11-14)16-9-5-7-13-6-3-4-8-15(13)16/h5,7,9,12,14H,3-4,6,8,10-11H2,1-2H3. The lowest BCUT2D eigenvalue weighted by molar-refractivity contribution is -0.117. The average Bonchev–Trinajstić information content (AvgIpc) is 3.21. The van der Waals surface area contributed by atoms with Crippen molar-refractivity contribution in [3.63, 3.8) is 0 Å². The zero-order valence-electron chi connectivity index (χ0n) is 14.3. The normalized spacial score (nSPS) is 20.7. The van der Waals surface area contributed by atoms with Gasteiger partial charge in [-0.3, -0.25) is 4.79 Å². The van der Waals surface area contributed by atoms with E-state index in [-0.39, 0.29) is 17.7 Å². The van der Waals surface area contributed by atoms with Crippen LogP contribution in [0, 0.1) is 0 Å². The van der Waals surface area contributed by atoms with E-state index in [4.69, 9.17) is 4.52 Å². The molecule has 1 aromatic heterocycles. The molecular weight excluding hydrogens is 302 g/mol. The van der Waals surface area contributed by atoms with Crippen LogP contribution in [0.4, 0.5) is 5.69 Å². The highest BCUT2D eigenvalue weighted by Crippen LogP contribution is 2.36. The highest BCUT2D eigenvalue weighted by atomic mass is 16.5. The Hall–Kier alpha value is -2.17. The number of anilines is 1. The van der Waals surface area contributed by atoms with E-state index in [9.17, 15) is 4.79 Å². The third-order valence-electron chi connectivity index (χ3n) is 5.11. The first-order valence-electron chi connectivity index (χ1n) is 8.88. The number of rotatable bonds is 3. The number of fused-ring (bicyclic) bond motifs is 1. The minimum Gasteiger partial charge on any atom is -0.339 e. The zero-order chi connectivity index (χ0) is 16.7. The van der Waals surface area contributed by atoms with E-state index in [1.54, 1.807) is 0 Å². The second-order valence-corrected chi connectivity index (χ2v) is 7.17. The van der Waals surface area contributed by atoms with Crippen molar-refractivity contribution in [1.82, 2.24) is 10.1 Å². The molecular formula is C19H23N3O2. The largest absolute Gasteiger partial charge is 0.339 e.